The summed E-state index contributed by atoms with van der Waals surface area (Å²) in [5, 5.41) is 9.99. The zero-order valence-corrected chi connectivity index (χ0v) is 8.89. The monoisotopic (exact) mass is 207 g/mol. The molecule has 0 bridgehead atoms. The first-order chi connectivity index (χ1) is 6.31. The first-order valence-electron chi connectivity index (χ1n) is 5.10. The van der Waals surface area contributed by atoms with Crippen molar-refractivity contribution in [1.29, 1.82) is 0 Å². The van der Waals surface area contributed by atoms with Crippen LogP contribution >= 0.6 is 0 Å². The molecule has 0 amide bonds. The van der Waals surface area contributed by atoms with E-state index in [1.165, 1.54) is 0 Å². The highest BCUT2D eigenvalue weighted by molar-refractivity contribution is 4.85. The summed E-state index contributed by atoms with van der Waals surface area (Å²) >= 11 is 0. The number of rotatable bonds is 3. The summed E-state index contributed by atoms with van der Waals surface area (Å²) in [6, 6.07) is 0. The van der Waals surface area contributed by atoms with Crippen LogP contribution in [-0.2, 0) is 0 Å². The third kappa shape index (κ3) is 3.88. The molecule has 1 N–H and O–H groups in total. The first-order valence-corrected chi connectivity index (χ1v) is 5.10. The number of nitrogens with zero attached hydrogens (tertiary/aromatic N) is 1. The fraction of sp³-hybridized carbons (Fsp3) is 1.00. The van der Waals surface area contributed by atoms with Gasteiger partial charge < -0.3 is 10.0 Å². The maximum Gasteiger partial charge on any atom is 0.245 e. The van der Waals surface area contributed by atoms with Gasteiger partial charge in [0, 0.05) is 19.5 Å². The van der Waals surface area contributed by atoms with Crippen molar-refractivity contribution in [1.82, 2.24) is 4.90 Å². The molecule has 1 fully saturated rings. The molecule has 14 heavy (non-hydrogen) atoms. The van der Waals surface area contributed by atoms with Crippen molar-refractivity contribution in [2.24, 2.45) is 0 Å². The fourth-order valence-corrected chi connectivity index (χ4v) is 1.74. The van der Waals surface area contributed by atoms with Gasteiger partial charge >= 0.3 is 0 Å². The summed E-state index contributed by atoms with van der Waals surface area (Å²) in [4.78, 5) is 2.11. The van der Waals surface area contributed by atoms with Crippen LogP contribution in [-0.4, -0.2) is 41.7 Å². The summed E-state index contributed by atoms with van der Waals surface area (Å²) in [6.45, 7) is 2.50. The van der Waals surface area contributed by atoms with Crippen LogP contribution in [0.4, 0.5) is 8.78 Å². The van der Waals surface area contributed by atoms with Crippen LogP contribution in [0.5, 0.6) is 0 Å². The van der Waals surface area contributed by atoms with Gasteiger partial charge in [-0.3, -0.25) is 0 Å². The van der Waals surface area contributed by atoms with Gasteiger partial charge in [-0.2, -0.15) is 0 Å². The predicted octanol–water partition coefficient (Wildman–Crippen LogP) is 1.88. The van der Waals surface area contributed by atoms with E-state index in [1.807, 2.05) is 7.05 Å². The number of aliphatic hydroxyl groups is 1. The Morgan fingerprint density at radius 2 is 1.86 bits per heavy atom. The van der Waals surface area contributed by atoms with E-state index in [0.717, 1.165) is 20.0 Å². The van der Waals surface area contributed by atoms with E-state index in [1.54, 1.807) is 0 Å². The third-order valence-corrected chi connectivity index (χ3v) is 2.95. The molecule has 4 heteroatoms. The van der Waals surface area contributed by atoms with Crippen molar-refractivity contribution >= 4 is 0 Å². The molecular weight excluding hydrogens is 188 g/mol. The van der Waals surface area contributed by atoms with Gasteiger partial charge in [0.05, 0.1) is 5.60 Å². The molecule has 0 saturated carbocycles. The molecule has 1 aliphatic heterocycles. The minimum absolute atomic E-state index is 0.213. The number of hydrogen-bond acceptors (Lipinski definition) is 2. The molecular formula is C10H19F2NO. The molecule has 0 aliphatic carbocycles. The van der Waals surface area contributed by atoms with E-state index < -0.39 is 11.5 Å². The Labute approximate surface area is 83.9 Å². The van der Waals surface area contributed by atoms with Gasteiger partial charge in [0.15, 0.2) is 0 Å². The van der Waals surface area contributed by atoms with E-state index in [-0.39, 0.29) is 12.8 Å². The Bertz CT molecular complexity index is 183. The van der Waals surface area contributed by atoms with E-state index in [0.29, 0.717) is 12.8 Å². The van der Waals surface area contributed by atoms with Crippen LogP contribution in [0.15, 0.2) is 0 Å². The van der Waals surface area contributed by atoms with E-state index in [9.17, 15) is 13.9 Å². The molecule has 84 valence electrons. The Balaban J connectivity index is 2.36. The molecule has 1 aliphatic rings. The topological polar surface area (TPSA) is 23.5 Å². The molecule has 0 unspecified atom stereocenters. The highest BCUT2D eigenvalue weighted by Gasteiger charge is 2.34. The second kappa shape index (κ2) is 4.11. The number of alkyl halides is 2. The highest BCUT2D eigenvalue weighted by Crippen LogP contribution is 2.30. The average molecular weight is 207 g/mol. The van der Waals surface area contributed by atoms with Crippen molar-refractivity contribution in [3.8, 4) is 0 Å². The first kappa shape index (κ1) is 11.9. The molecule has 0 atom stereocenters. The molecule has 0 radical (unpaired) electrons. The number of hydrogen-bond donors (Lipinski definition) is 1. The lowest BCUT2D eigenvalue weighted by Gasteiger charge is -2.37. The van der Waals surface area contributed by atoms with Crippen LogP contribution in [0.3, 0.4) is 0 Å². The van der Waals surface area contributed by atoms with Crippen molar-refractivity contribution in [3.05, 3.63) is 0 Å². The van der Waals surface area contributed by atoms with Crippen LogP contribution < -0.4 is 0 Å². The summed E-state index contributed by atoms with van der Waals surface area (Å²) < 4.78 is 25.2. The van der Waals surface area contributed by atoms with E-state index in [4.69, 9.17) is 0 Å². The molecule has 0 aromatic heterocycles. The van der Waals surface area contributed by atoms with Gasteiger partial charge in [-0.1, -0.05) is 0 Å². The van der Waals surface area contributed by atoms with Gasteiger partial charge in [0.25, 0.3) is 0 Å². The van der Waals surface area contributed by atoms with Crippen LogP contribution in [0.2, 0.25) is 0 Å². The van der Waals surface area contributed by atoms with Crippen molar-refractivity contribution < 1.29 is 13.9 Å². The van der Waals surface area contributed by atoms with E-state index in [2.05, 4.69) is 4.90 Å². The quantitative estimate of drug-likeness (QED) is 0.763. The van der Waals surface area contributed by atoms with Crippen LogP contribution in [0, 0.1) is 0 Å². The van der Waals surface area contributed by atoms with Crippen molar-refractivity contribution in [2.45, 2.75) is 44.1 Å². The predicted molar refractivity (Wildman–Crippen MR) is 51.5 cm³/mol. The van der Waals surface area contributed by atoms with Gasteiger partial charge in [0.1, 0.15) is 0 Å². The normalized spacial score (nSPS) is 23.8. The van der Waals surface area contributed by atoms with Gasteiger partial charge in [-0.15, -0.1) is 0 Å². The zero-order valence-electron chi connectivity index (χ0n) is 8.89. The standard InChI is InChI=1S/C10H19F2NO/c1-9(11,12)3-4-10(14)5-7-13(2)8-6-10/h14H,3-8H2,1-2H3. The molecule has 0 spiro atoms. The van der Waals surface area contributed by atoms with E-state index >= 15 is 0 Å². The van der Waals surface area contributed by atoms with Crippen molar-refractivity contribution in [3.63, 3.8) is 0 Å². The zero-order chi connectivity index (χ0) is 10.8. The molecule has 0 aromatic rings. The number of halogens is 2. The second-order valence-electron chi connectivity index (χ2n) is 4.60. The molecule has 2 nitrogen and oxygen atoms in total. The lowest BCUT2D eigenvalue weighted by Crippen LogP contribution is -2.43. The lowest BCUT2D eigenvalue weighted by atomic mass is 9.86. The smallest absolute Gasteiger partial charge is 0.245 e. The second-order valence-corrected chi connectivity index (χ2v) is 4.60. The Morgan fingerprint density at radius 3 is 2.29 bits per heavy atom. The number of likely N-dealkylation sites (tertiary alicyclic amines) is 1. The Kier molecular flexibility index (Phi) is 3.48. The largest absolute Gasteiger partial charge is 0.390 e. The summed E-state index contributed by atoms with van der Waals surface area (Å²) in [7, 11) is 1.98. The Hall–Kier alpha value is -0.220. The summed E-state index contributed by atoms with van der Waals surface area (Å²) in [6.07, 6.45) is 1.22. The van der Waals surface area contributed by atoms with Gasteiger partial charge in [0.2, 0.25) is 5.92 Å². The molecule has 1 saturated heterocycles. The maximum atomic E-state index is 12.6. The van der Waals surface area contributed by atoms with Gasteiger partial charge in [-0.05, 0) is 33.2 Å². The Morgan fingerprint density at radius 1 is 1.36 bits per heavy atom. The maximum absolute atomic E-state index is 12.6. The van der Waals surface area contributed by atoms with Gasteiger partial charge in [-0.25, -0.2) is 8.78 Å². The minimum Gasteiger partial charge on any atom is -0.390 e. The molecule has 1 heterocycles. The lowest BCUT2D eigenvalue weighted by molar-refractivity contribution is -0.0576. The average Bonchev–Trinajstić information content (AvgIpc) is 2.07. The molecule has 1 rings (SSSR count). The highest BCUT2D eigenvalue weighted by atomic mass is 19.3. The SMILES string of the molecule is CN1CCC(O)(CCC(C)(F)F)CC1. The van der Waals surface area contributed by atoms with Crippen molar-refractivity contribution in [2.75, 3.05) is 20.1 Å². The fourth-order valence-electron chi connectivity index (χ4n) is 1.74. The molecule has 0 aromatic carbocycles. The number of piperidine rings is 1. The summed E-state index contributed by atoms with van der Waals surface area (Å²) in [5.41, 5.74) is -0.855. The summed E-state index contributed by atoms with van der Waals surface area (Å²) in [5.74, 6) is -2.65. The van der Waals surface area contributed by atoms with Crippen LogP contribution in [0.25, 0.3) is 0 Å². The van der Waals surface area contributed by atoms with Crippen LogP contribution in [0.1, 0.15) is 32.6 Å². The minimum atomic E-state index is -2.65. The third-order valence-electron chi connectivity index (χ3n) is 2.95.